The summed E-state index contributed by atoms with van der Waals surface area (Å²) in [6.07, 6.45) is 1.38. The highest BCUT2D eigenvalue weighted by atomic mass is 32.2. The summed E-state index contributed by atoms with van der Waals surface area (Å²) < 4.78 is 29.6. The summed E-state index contributed by atoms with van der Waals surface area (Å²) >= 11 is 0. The van der Waals surface area contributed by atoms with Crippen LogP contribution in [0.1, 0.15) is 12.0 Å². The van der Waals surface area contributed by atoms with Gasteiger partial charge in [0.05, 0.1) is 22.6 Å². The minimum Gasteiger partial charge on any atom is -0.390 e. The van der Waals surface area contributed by atoms with Crippen molar-refractivity contribution in [1.82, 2.24) is 19.1 Å². The number of hydrogen-bond acceptors (Lipinski definition) is 7. The molecule has 2 aromatic heterocycles. The van der Waals surface area contributed by atoms with E-state index in [1.807, 2.05) is 44.3 Å². The largest absolute Gasteiger partial charge is 0.390 e. The Bertz CT molecular complexity index is 1470. The first-order chi connectivity index (χ1) is 16.7. The van der Waals surface area contributed by atoms with E-state index in [9.17, 15) is 13.5 Å². The van der Waals surface area contributed by atoms with E-state index in [1.54, 1.807) is 35.1 Å². The van der Waals surface area contributed by atoms with Crippen LogP contribution in [0.2, 0.25) is 0 Å². The monoisotopic (exact) mass is 492 g/mol. The molecule has 35 heavy (non-hydrogen) atoms. The molecule has 0 unspecified atom stereocenters. The third-order valence-electron chi connectivity index (χ3n) is 6.49. The van der Waals surface area contributed by atoms with E-state index in [1.165, 1.54) is 4.31 Å². The van der Waals surface area contributed by atoms with Gasteiger partial charge < -0.3 is 16.2 Å². The summed E-state index contributed by atoms with van der Waals surface area (Å²) in [6, 6.07) is 16.2. The summed E-state index contributed by atoms with van der Waals surface area (Å²) in [5.74, 6) is 1.12. The Balaban J connectivity index is 1.30. The molecule has 5 rings (SSSR count). The van der Waals surface area contributed by atoms with Crippen molar-refractivity contribution in [2.45, 2.75) is 30.4 Å². The molecule has 3 heterocycles. The molecule has 0 aliphatic carbocycles. The molecule has 10 heteroatoms. The minimum atomic E-state index is -3.74. The normalized spacial score (nSPS) is 19.2. The molecule has 4 aromatic rings. The second kappa shape index (κ2) is 8.95. The number of nitrogens with one attached hydrogen (secondary N) is 1. The van der Waals surface area contributed by atoms with Crippen LogP contribution in [-0.4, -0.2) is 57.8 Å². The van der Waals surface area contributed by atoms with Gasteiger partial charge in [-0.2, -0.15) is 9.40 Å². The van der Waals surface area contributed by atoms with E-state index in [0.717, 1.165) is 27.6 Å². The number of β-amino-alcohol motifs (C(OH)–C–C–N with tert-alkyl or cyclic N) is 1. The smallest absolute Gasteiger partial charge is 0.243 e. The first-order valence-electron chi connectivity index (χ1n) is 11.4. The van der Waals surface area contributed by atoms with Gasteiger partial charge in [0.15, 0.2) is 5.82 Å². The van der Waals surface area contributed by atoms with Gasteiger partial charge in [0.1, 0.15) is 5.82 Å². The van der Waals surface area contributed by atoms with E-state index in [-0.39, 0.29) is 17.5 Å². The highest BCUT2D eigenvalue weighted by molar-refractivity contribution is 7.89. The van der Waals surface area contributed by atoms with Gasteiger partial charge in [-0.1, -0.05) is 24.3 Å². The van der Waals surface area contributed by atoms with E-state index < -0.39 is 16.1 Å². The molecule has 0 amide bonds. The lowest BCUT2D eigenvalue weighted by molar-refractivity contribution is 0.0949. The van der Waals surface area contributed by atoms with Gasteiger partial charge in [-0.15, -0.1) is 0 Å². The van der Waals surface area contributed by atoms with Gasteiger partial charge in [0, 0.05) is 31.7 Å². The van der Waals surface area contributed by atoms with Gasteiger partial charge in [0.25, 0.3) is 0 Å². The van der Waals surface area contributed by atoms with Crippen molar-refractivity contribution in [3.05, 3.63) is 66.4 Å². The molecular formula is C25H28N6O3S. The number of nitrogens with zero attached hydrogens (tertiary/aromatic N) is 4. The zero-order valence-electron chi connectivity index (χ0n) is 19.6. The van der Waals surface area contributed by atoms with Crippen LogP contribution in [0.3, 0.4) is 0 Å². The lowest BCUT2D eigenvalue weighted by Gasteiger charge is -2.35. The highest BCUT2D eigenvalue weighted by Crippen LogP contribution is 2.29. The van der Waals surface area contributed by atoms with Crippen molar-refractivity contribution in [2.24, 2.45) is 7.05 Å². The predicted octanol–water partition coefficient (Wildman–Crippen LogP) is 2.76. The molecule has 0 spiro atoms. The molecule has 1 aliphatic heterocycles. The maximum Gasteiger partial charge on any atom is 0.243 e. The van der Waals surface area contributed by atoms with Gasteiger partial charge in [-0.05, 0) is 60.4 Å². The molecule has 1 fully saturated rings. The van der Waals surface area contributed by atoms with Crippen LogP contribution in [0.15, 0.2) is 65.7 Å². The molecule has 2 aromatic carbocycles. The second-order valence-corrected chi connectivity index (χ2v) is 10.9. The number of hydrogen-bond donors (Lipinski definition) is 3. The highest BCUT2D eigenvalue weighted by Gasteiger charge is 2.34. The van der Waals surface area contributed by atoms with Crippen LogP contribution in [0.25, 0.3) is 22.0 Å². The Kier molecular flexibility index (Phi) is 5.96. The Morgan fingerprint density at radius 1 is 1.09 bits per heavy atom. The van der Waals surface area contributed by atoms with Gasteiger partial charge >= 0.3 is 0 Å². The van der Waals surface area contributed by atoms with Crippen LogP contribution in [0.4, 0.5) is 11.6 Å². The number of nitrogen functional groups attached to an aromatic ring is 1. The number of piperidine rings is 1. The van der Waals surface area contributed by atoms with E-state index >= 15 is 0 Å². The Morgan fingerprint density at radius 2 is 1.83 bits per heavy atom. The number of anilines is 2. The molecule has 4 N–H and O–H groups in total. The number of aromatic nitrogens is 3. The number of fused-ring (bicyclic) bond motifs is 1. The fraction of sp³-hybridized carbons (Fsp3) is 0.280. The van der Waals surface area contributed by atoms with Crippen molar-refractivity contribution < 1.29 is 13.5 Å². The molecule has 1 saturated heterocycles. The second-order valence-electron chi connectivity index (χ2n) is 8.96. The number of sulfonamides is 1. The number of rotatable bonds is 5. The number of pyridine rings is 1. The summed E-state index contributed by atoms with van der Waals surface area (Å²) in [6.45, 7) is 2.28. The first-order valence-corrected chi connectivity index (χ1v) is 12.9. The topological polar surface area (TPSA) is 126 Å². The molecular weight excluding hydrogens is 464 g/mol. The van der Waals surface area contributed by atoms with Gasteiger partial charge in [-0.25, -0.2) is 13.4 Å². The van der Waals surface area contributed by atoms with Crippen LogP contribution in [0, 0.1) is 6.92 Å². The van der Waals surface area contributed by atoms with Gasteiger partial charge in [0.2, 0.25) is 10.0 Å². The van der Waals surface area contributed by atoms with Crippen molar-refractivity contribution >= 4 is 32.6 Å². The predicted molar refractivity (Wildman–Crippen MR) is 136 cm³/mol. The fourth-order valence-electron chi connectivity index (χ4n) is 4.47. The fourth-order valence-corrected chi connectivity index (χ4v) is 5.95. The summed E-state index contributed by atoms with van der Waals surface area (Å²) in [5.41, 5.74) is 9.79. The van der Waals surface area contributed by atoms with Crippen molar-refractivity contribution in [2.75, 3.05) is 24.1 Å². The Hall–Kier alpha value is -3.47. The van der Waals surface area contributed by atoms with E-state index in [0.29, 0.717) is 24.6 Å². The third-order valence-corrected chi connectivity index (χ3v) is 8.37. The number of aliphatic hydroxyl groups is 1. The maximum absolute atomic E-state index is 13.3. The quantitative estimate of drug-likeness (QED) is 0.391. The zero-order chi connectivity index (χ0) is 24.7. The molecule has 2 atom stereocenters. The number of aryl methyl sites for hydroxylation is 2. The minimum absolute atomic E-state index is 0.0184. The van der Waals surface area contributed by atoms with Crippen LogP contribution < -0.4 is 11.1 Å². The van der Waals surface area contributed by atoms with Crippen LogP contribution >= 0.6 is 0 Å². The van der Waals surface area contributed by atoms with E-state index in [4.69, 9.17) is 5.73 Å². The van der Waals surface area contributed by atoms with Crippen LogP contribution in [0.5, 0.6) is 0 Å². The van der Waals surface area contributed by atoms with Crippen molar-refractivity contribution in [3.8, 4) is 11.1 Å². The Labute approximate surface area is 204 Å². The average Bonchev–Trinajstić information content (AvgIpc) is 3.14. The number of aliphatic hydroxyl groups excluding tert-OH is 1. The summed E-state index contributed by atoms with van der Waals surface area (Å²) in [5, 5.41) is 19.0. The average molecular weight is 493 g/mol. The number of benzene rings is 2. The standard InChI is InChI=1S/C25H28N6O3S/c1-16-3-10-24(27-14-16)28-21-11-12-31(15-23(21)32)35(33,34)19-7-4-17(5-8-19)18-6-9-22-20(13-18)25(26)29-30(22)2/h3-10,13-14,21,23,32H,11-12,15H2,1-2H3,(H2,26,29)(H,27,28)/t21-,23+/m1/s1. The van der Waals surface area contributed by atoms with Gasteiger partial charge in [-0.3, -0.25) is 4.68 Å². The molecule has 1 aliphatic rings. The molecule has 9 nitrogen and oxygen atoms in total. The van der Waals surface area contributed by atoms with E-state index in [2.05, 4.69) is 15.4 Å². The maximum atomic E-state index is 13.3. The first kappa shape index (κ1) is 23.3. The molecule has 0 bridgehead atoms. The molecule has 0 radical (unpaired) electrons. The van der Waals surface area contributed by atoms with Crippen molar-refractivity contribution in [1.29, 1.82) is 0 Å². The van der Waals surface area contributed by atoms with Crippen LogP contribution in [-0.2, 0) is 17.1 Å². The van der Waals surface area contributed by atoms with Crippen molar-refractivity contribution in [3.63, 3.8) is 0 Å². The SMILES string of the molecule is Cc1ccc(N[C@@H]2CCN(S(=O)(=O)c3ccc(-c4ccc5c(c4)c(N)nn5C)cc3)C[C@@H]2O)nc1. The lowest BCUT2D eigenvalue weighted by Crippen LogP contribution is -2.51. The Morgan fingerprint density at radius 3 is 2.51 bits per heavy atom. The zero-order valence-corrected chi connectivity index (χ0v) is 20.4. The summed E-state index contributed by atoms with van der Waals surface area (Å²) in [4.78, 5) is 4.51. The molecule has 0 saturated carbocycles. The molecule has 182 valence electrons. The lowest BCUT2D eigenvalue weighted by atomic mass is 10.0. The summed E-state index contributed by atoms with van der Waals surface area (Å²) in [7, 11) is -1.90. The third kappa shape index (κ3) is 4.47. The number of nitrogens with two attached hydrogens (primary N) is 1.